The summed E-state index contributed by atoms with van der Waals surface area (Å²) >= 11 is 0. The van der Waals surface area contributed by atoms with Crippen LogP contribution < -0.4 is 20.1 Å². The number of carbonyl (C=O) groups excluding carboxylic acids is 1. The molecule has 2 aliphatic heterocycles. The Kier molecular flexibility index (Phi) is 8.12. The summed E-state index contributed by atoms with van der Waals surface area (Å²) < 4.78 is 5.37. The molecule has 3 heterocycles. The minimum absolute atomic E-state index is 0.0448. The maximum absolute atomic E-state index is 13.1. The van der Waals surface area contributed by atoms with Crippen LogP contribution in [0, 0.1) is 0 Å². The smallest absolute Gasteiger partial charge is 0.253 e. The number of hydrogen-bond donors (Lipinski definition) is 1. The van der Waals surface area contributed by atoms with Gasteiger partial charge in [-0.15, -0.1) is 0 Å². The molecule has 212 valence electrons. The molecule has 0 spiro atoms. The third-order valence-corrected chi connectivity index (χ3v) is 7.82. The van der Waals surface area contributed by atoms with Gasteiger partial charge in [0.1, 0.15) is 5.75 Å². The minimum Gasteiger partial charge on any atom is -0.497 e. The lowest BCUT2D eigenvalue weighted by Crippen LogP contribution is -2.49. The van der Waals surface area contributed by atoms with Gasteiger partial charge in [-0.3, -0.25) is 19.5 Å². The zero-order valence-electron chi connectivity index (χ0n) is 24.0. The van der Waals surface area contributed by atoms with Gasteiger partial charge < -0.3 is 19.4 Å². The summed E-state index contributed by atoms with van der Waals surface area (Å²) in [5.74, 6) is 1.49. The van der Waals surface area contributed by atoms with Crippen LogP contribution in [-0.2, 0) is 12.0 Å². The summed E-state index contributed by atoms with van der Waals surface area (Å²) in [6, 6.07) is 17.7. The second-order valence-corrected chi connectivity index (χ2v) is 11.6. The molecule has 9 nitrogen and oxygen atoms in total. The molecule has 40 heavy (non-hydrogen) atoms. The van der Waals surface area contributed by atoms with Crippen LogP contribution in [0.25, 0.3) is 0 Å². The Bertz CT molecular complexity index is 1360. The fraction of sp³-hybridized carbons (Fsp3) is 0.452. The Labute approximate surface area is 236 Å². The van der Waals surface area contributed by atoms with E-state index in [2.05, 4.69) is 52.6 Å². The first-order valence-corrected chi connectivity index (χ1v) is 14.1. The fourth-order valence-electron chi connectivity index (χ4n) is 5.34. The van der Waals surface area contributed by atoms with Crippen molar-refractivity contribution in [3.63, 3.8) is 0 Å². The molecule has 0 saturated carbocycles. The van der Waals surface area contributed by atoms with Crippen molar-refractivity contribution in [1.29, 1.82) is 0 Å². The minimum atomic E-state index is -0.146. The molecule has 0 atom stereocenters. The molecule has 3 aromatic rings. The van der Waals surface area contributed by atoms with E-state index in [4.69, 9.17) is 9.72 Å². The average Bonchev–Trinajstić information content (AvgIpc) is 2.96. The molecular formula is C31H40N6O3. The Balaban J connectivity index is 1.16. The van der Waals surface area contributed by atoms with Gasteiger partial charge >= 0.3 is 0 Å². The second kappa shape index (κ2) is 11.7. The number of benzene rings is 2. The highest BCUT2D eigenvalue weighted by Gasteiger charge is 2.25. The molecule has 0 radical (unpaired) electrons. The number of aromatic amines is 1. The van der Waals surface area contributed by atoms with E-state index in [1.165, 1.54) is 5.56 Å². The van der Waals surface area contributed by atoms with Gasteiger partial charge in [0.15, 0.2) is 0 Å². The predicted octanol–water partition coefficient (Wildman–Crippen LogP) is 3.36. The van der Waals surface area contributed by atoms with E-state index in [0.29, 0.717) is 44.2 Å². The number of anilines is 2. The van der Waals surface area contributed by atoms with Gasteiger partial charge in [0.2, 0.25) is 5.95 Å². The highest BCUT2D eigenvalue weighted by molar-refractivity contribution is 5.94. The van der Waals surface area contributed by atoms with Gasteiger partial charge in [0.25, 0.3) is 11.5 Å². The lowest BCUT2D eigenvalue weighted by molar-refractivity contribution is 0.0746. The van der Waals surface area contributed by atoms with Crippen LogP contribution in [-0.4, -0.2) is 85.1 Å². The lowest BCUT2D eigenvalue weighted by atomic mass is 9.86. The number of methoxy groups -OCH3 is 1. The largest absolute Gasteiger partial charge is 0.497 e. The number of carbonyl (C=O) groups is 1. The summed E-state index contributed by atoms with van der Waals surface area (Å²) in [5.41, 5.74) is 3.76. The van der Waals surface area contributed by atoms with Crippen molar-refractivity contribution in [1.82, 2.24) is 19.8 Å². The zero-order valence-corrected chi connectivity index (χ0v) is 24.0. The Morgan fingerprint density at radius 1 is 0.900 bits per heavy atom. The van der Waals surface area contributed by atoms with E-state index < -0.39 is 0 Å². The third kappa shape index (κ3) is 6.47. The molecule has 1 N–H and O–H groups in total. The molecule has 0 bridgehead atoms. The van der Waals surface area contributed by atoms with Gasteiger partial charge in [-0.2, -0.15) is 0 Å². The number of ether oxygens (including phenoxy) is 1. The highest BCUT2D eigenvalue weighted by atomic mass is 16.5. The quantitative estimate of drug-likeness (QED) is 0.509. The summed E-state index contributed by atoms with van der Waals surface area (Å²) in [6.07, 6.45) is 0. The van der Waals surface area contributed by atoms with Gasteiger partial charge in [-0.1, -0.05) is 39.0 Å². The highest BCUT2D eigenvalue weighted by Crippen LogP contribution is 2.24. The monoisotopic (exact) mass is 544 g/mol. The molecule has 0 aliphatic carbocycles. The van der Waals surface area contributed by atoms with Crippen LogP contribution in [0.1, 0.15) is 42.4 Å². The van der Waals surface area contributed by atoms with E-state index in [-0.39, 0.29) is 16.9 Å². The van der Waals surface area contributed by atoms with Crippen LogP contribution in [0.2, 0.25) is 0 Å². The SMILES string of the molecule is COc1cccc(N2CCN(Cc3cc(=O)[nH]c(N4CCN(C(=O)c5ccc(C(C)(C)C)cc5)CC4)n3)CC2)c1. The first kappa shape index (κ1) is 27.7. The summed E-state index contributed by atoms with van der Waals surface area (Å²) in [5, 5.41) is 0. The van der Waals surface area contributed by atoms with E-state index in [0.717, 1.165) is 43.3 Å². The molecule has 2 aliphatic rings. The Hall–Kier alpha value is -3.85. The molecule has 9 heteroatoms. The van der Waals surface area contributed by atoms with Gasteiger partial charge in [-0.05, 0) is 35.2 Å². The third-order valence-electron chi connectivity index (χ3n) is 7.82. The van der Waals surface area contributed by atoms with E-state index in [1.54, 1.807) is 13.2 Å². The van der Waals surface area contributed by atoms with Gasteiger partial charge in [0, 0.05) is 82.3 Å². The molecule has 2 aromatic carbocycles. The van der Waals surface area contributed by atoms with Crippen LogP contribution in [0.3, 0.4) is 0 Å². The first-order chi connectivity index (χ1) is 19.2. The number of nitrogens with one attached hydrogen (secondary N) is 1. The number of piperazine rings is 2. The van der Waals surface area contributed by atoms with Crippen molar-refractivity contribution >= 4 is 17.5 Å². The Morgan fingerprint density at radius 2 is 1.57 bits per heavy atom. The summed E-state index contributed by atoms with van der Waals surface area (Å²) in [4.78, 5) is 42.0. The summed E-state index contributed by atoms with van der Waals surface area (Å²) in [6.45, 7) is 13.1. The van der Waals surface area contributed by atoms with Gasteiger partial charge in [-0.25, -0.2) is 4.98 Å². The second-order valence-electron chi connectivity index (χ2n) is 11.6. The first-order valence-electron chi connectivity index (χ1n) is 14.1. The standard InChI is InChI=1S/C31H40N6O3/c1-31(2,3)24-10-8-23(9-11-24)29(39)36-16-18-37(19-17-36)30-32-25(20-28(38)33-30)22-34-12-14-35(15-13-34)26-6-5-7-27(21-26)40-4/h5-11,20-21H,12-19,22H2,1-4H3,(H,32,33,38). The topological polar surface area (TPSA) is 85.0 Å². The molecule has 2 saturated heterocycles. The molecular weight excluding hydrogens is 504 g/mol. The number of amides is 1. The summed E-state index contributed by atoms with van der Waals surface area (Å²) in [7, 11) is 1.69. The lowest BCUT2D eigenvalue weighted by Gasteiger charge is -2.36. The number of nitrogens with zero attached hydrogens (tertiary/aromatic N) is 5. The van der Waals surface area contributed by atoms with Crippen molar-refractivity contribution < 1.29 is 9.53 Å². The average molecular weight is 545 g/mol. The normalized spacial score (nSPS) is 16.8. The zero-order chi connectivity index (χ0) is 28.3. The predicted molar refractivity (Wildman–Crippen MR) is 159 cm³/mol. The number of aromatic nitrogens is 2. The van der Waals surface area contributed by atoms with Crippen molar-refractivity contribution in [3.8, 4) is 5.75 Å². The van der Waals surface area contributed by atoms with Gasteiger partial charge in [0.05, 0.1) is 12.8 Å². The molecule has 1 amide bonds. The molecule has 1 aromatic heterocycles. The van der Waals surface area contributed by atoms with Crippen LogP contribution >= 0.6 is 0 Å². The van der Waals surface area contributed by atoms with Crippen molar-refractivity contribution in [2.24, 2.45) is 0 Å². The van der Waals surface area contributed by atoms with E-state index in [1.807, 2.05) is 41.3 Å². The van der Waals surface area contributed by atoms with E-state index >= 15 is 0 Å². The number of hydrogen-bond acceptors (Lipinski definition) is 7. The molecule has 5 rings (SSSR count). The molecule has 2 fully saturated rings. The molecule has 0 unspecified atom stereocenters. The maximum atomic E-state index is 13.1. The van der Waals surface area contributed by atoms with Crippen LogP contribution in [0.5, 0.6) is 5.75 Å². The van der Waals surface area contributed by atoms with Crippen molar-refractivity contribution in [2.75, 3.05) is 69.3 Å². The fourth-order valence-corrected chi connectivity index (χ4v) is 5.34. The Morgan fingerprint density at radius 3 is 2.23 bits per heavy atom. The number of rotatable bonds is 6. The van der Waals surface area contributed by atoms with Crippen LogP contribution in [0.15, 0.2) is 59.4 Å². The van der Waals surface area contributed by atoms with E-state index in [9.17, 15) is 9.59 Å². The van der Waals surface area contributed by atoms with Crippen molar-refractivity contribution in [3.05, 3.63) is 81.8 Å². The van der Waals surface area contributed by atoms with Crippen LogP contribution in [0.4, 0.5) is 11.6 Å². The maximum Gasteiger partial charge on any atom is 0.253 e. The number of H-pyrrole nitrogens is 1. The van der Waals surface area contributed by atoms with Crippen molar-refractivity contribution in [2.45, 2.75) is 32.7 Å².